The Bertz CT molecular complexity index is 251. The van der Waals surface area contributed by atoms with Gasteiger partial charge >= 0.3 is 12.1 Å². The van der Waals surface area contributed by atoms with Gasteiger partial charge in [-0.1, -0.05) is 5.57 Å². The molecule has 0 amide bonds. The first-order valence-electron chi connectivity index (χ1n) is 4.56. The summed E-state index contributed by atoms with van der Waals surface area (Å²) in [5.74, 6) is -1.05. The van der Waals surface area contributed by atoms with Crippen LogP contribution in [0.3, 0.4) is 0 Å². The summed E-state index contributed by atoms with van der Waals surface area (Å²) < 4.78 is 39.2. The standard InChI is InChI=1S/C9H14F3NO3/c1-7(4-8(14)15)5-13-2-3-16-6-9(10,11)12/h4,13H,2-3,5-6H2,1H3,(H,14,15). The SMILES string of the molecule is CC(=CC(=O)O)CNCCOCC(F)(F)F. The van der Waals surface area contributed by atoms with Crippen LogP contribution >= 0.6 is 0 Å². The summed E-state index contributed by atoms with van der Waals surface area (Å²) in [5.41, 5.74) is 0.586. The van der Waals surface area contributed by atoms with Crippen molar-refractivity contribution in [2.24, 2.45) is 0 Å². The fourth-order valence-corrected chi connectivity index (χ4v) is 0.880. The van der Waals surface area contributed by atoms with E-state index in [1.807, 2.05) is 0 Å². The molecule has 0 atom stereocenters. The number of carboxylic acids is 1. The highest BCUT2D eigenvalue weighted by molar-refractivity contribution is 5.80. The minimum absolute atomic E-state index is 0.0696. The van der Waals surface area contributed by atoms with Crippen LogP contribution in [0.5, 0.6) is 0 Å². The van der Waals surface area contributed by atoms with E-state index in [4.69, 9.17) is 5.11 Å². The van der Waals surface area contributed by atoms with Crippen molar-refractivity contribution in [1.29, 1.82) is 0 Å². The van der Waals surface area contributed by atoms with Crippen LogP contribution in [0.15, 0.2) is 11.6 Å². The van der Waals surface area contributed by atoms with E-state index in [1.54, 1.807) is 6.92 Å². The molecular formula is C9H14F3NO3. The molecule has 7 heteroatoms. The molecule has 0 spiro atoms. The molecule has 4 nitrogen and oxygen atoms in total. The average molecular weight is 241 g/mol. The first-order chi connectivity index (χ1) is 7.31. The van der Waals surface area contributed by atoms with Crippen molar-refractivity contribution in [3.63, 3.8) is 0 Å². The average Bonchev–Trinajstić information content (AvgIpc) is 2.07. The number of carbonyl (C=O) groups is 1. The van der Waals surface area contributed by atoms with Gasteiger partial charge < -0.3 is 15.2 Å². The Labute approximate surface area is 91.1 Å². The Hall–Kier alpha value is -1.08. The molecule has 94 valence electrons. The molecule has 0 aliphatic heterocycles. The summed E-state index contributed by atoms with van der Waals surface area (Å²) >= 11 is 0. The Morgan fingerprint density at radius 1 is 1.50 bits per heavy atom. The molecule has 0 rings (SSSR count). The largest absolute Gasteiger partial charge is 0.478 e. The maximum atomic E-state index is 11.6. The summed E-state index contributed by atoms with van der Waals surface area (Å²) in [6.45, 7) is 0.818. The predicted molar refractivity (Wildman–Crippen MR) is 51.1 cm³/mol. The van der Waals surface area contributed by atoms with Gasteiger partial charge in [-0.15, -0.1) is 0 Å². The van der Waals surface area contributed by atoms with Crippen molar-refractivity contribution >= 4 is 5.97 Å². The van der Waals surface area contributed by atoms with E-state index in [0.29, 0.717) is 12.1 Å². The van der Waals surface area contributed by atoms with E-state index >= 15 is 0 Å². The normalized spacial score (nSPS) is 12.9. The van der Waals surface area contributed by atoms with Gasteiger partial charge in [0.15, 0.2) is 0 Å². The van der Waals surface area contributed by atoms with Crippen molar-refractivity contribution in [3.05, 3.63) is 11.6 Å². The molecule has 0 bridgehead atoms. The van der Waals surface area contributed by atoms with Crippen molar-refractivity contribution in [1.82, 2.24) is 5.32 Å². The molecule has 0 aliphatic rings. The maximum absolute atomic E-state index is 11.6. The van der Waals surface area contributed by atoms with Crippen LogP contribution in [0.2, 0.25) is 0 Å². The number of hydrogen-bond donors (Lipinski definition) is 2. The van der Waals surface area contributed by atoms with E-state index in [2.05, 4.69) is 10.1 Å². The second kappa shape index (κ2) is 7.24. The Kier molecular flexibility index (Phi) is 6.75. The molecular weight excluding hydrogens is 227 g/mol. The van der Waals surface area contributed by atoms with Crippen LogP contribution in [0.25, 0.3) is 0 Å². The van der Waals surface area contributed by atoms with E-state index in [-0.39, 0.29) is 13.2 Å². The Morgan fingerprint density at radius 3 is 2.62 bits per heavy atom. The van der Waals surface area contributed by atoms with Crippen LogP contribution in [0.1, 0.15) is 6.92 Å². The lowest BCUT2D eigenvalue weighted by atomic mass is 10.3. The molecule has 0 heterocycles. The molecule has 2 N–H and O–H groups in total. The first kappa shape index (κ1) is 14.9. The zero-order valence-electron chi connectivity index (χ0n) is 8.80. The van der Waals surface area contributed by atoms with Crippen molar-refractivity contribution < 1.29 is 27.8 Å². The number of nitrogens with one attached hydrogen (secondary N) is 1. The lowest BCUT2D eigenvalue weighted by Crippen LogP contribution is -2.25. The zero-order chi connectivity index (χ0) is 12.6. The number of hydrogen-bond acceptors (Lipinski definition) is 3. The van der Waals surface area contributed by atoms with E-state index < -0.39 is 18.8 Å². The number of ether oxygens (including phenoxy) is 1. The molecule has 0 aromatic heterocycles. The van der Waals surface area contributed by atoms with Gasteiger partial charge in [-0.2, -0.15) is 13.2 Å². The van der Waals surface area contributed by atoms with Crippen LogP contribution in [-0.4, -0.2) is 43.6 Å². The van der Waals surface area contributed by atoms with Gasteiger partial charge in [0.25, 0.3) is 0 Å². The molecule has 0 aromatic rings. The van der Waals surface area contributed by atoms with Crippen LogP contribution in [0, 0.1) is 0 Å². The number of aliphatic carboxylic acids is 1. The maximum Gasteiger partial charge on any atom is 0.411 e. The molecule has 0 saturated heterocycles. The van der Waals surface area contributed by atoms with E-state index in [0.717, 1.165) is 6.08 Å². The van der Waals surface area contributed by atoms with Crippen LogP contribution in [-0.2, 0) is 9.53 Å². The van der Waals surface area contributed by atoms with Gasteiger partial charge in [-0.25, -0.2) is 4.79 Å². The number of carboxylic acid groups (broad SMARTS) is 1. The molecule has 0 aliphatic carbocycles. The van der Waals surface area contributed by atoms with Crippen LogP contribution < -0.4 is 5.32 Å². The Balaban J connectivity index is 3.44. The molecule has 16 heavy (non-hydrogen) atoms. The minimum Gasteiger partial charge on any atom is -0.478 e. The summed E-state index contributed by atoms with van der Waals surface area (Å²) in [5, 5.41) is 11.1. The van der Waals surface area contributed by atoms with Gasteiger partial charge in [-0.05, 0) is 6.92 Å². The molecule has 0 aromatic carbocycles. The third-order valence-electron chi connectivity index (χ3n) is 1.46. The molecule has 0 unspecified atom stereocenters. The van der Waals surface area contributed by atoms with Crippen LogP contribution in [0.4, 0.5) is 13.2 Å². The highest BCUT2D eigenvalue weighted by Gasteiger charge is 2.27. The predicted octanol–water partition coefficient (Wildman–Crippen LogP) is 1.19. The summed E-state index contributed by atoms with van der Waals surface area (Å²) in [6, 6.07) is 0. The third-order valence-corrected chi connectivity index (χ3v) is 1.46. The van der Waals surface area contributed by atoms with Gasteiger partial charge in [0.05, 0.1) is 6.61 Å². The topological polar surface area (TPSA) is 58.6 Å². The third kappa shape index (κ3) is 11.0. The van der Waals surface area contributed by atoms with E-state index in [9.17, 15) is 18.0 Å². The quantitative estimate of drug-likeness (QED) is 0.519. The van der Waals surface area contributed by atoms with E-state index in [1.165, 1.54) is 0 Å². The second-order valence-electron chi connectivity index (χ2n) is 3.17. The van der Waals surface area contributed by atoms with Gasteiger partial charge in [0.2, 0.25) is 0 Å². The number of rotatable bonds is 7. The highest BCUT2D eigenvalue weighted by atomic mass is 19.4. The van der Waals surface area contributed by atoms with Gasteiger partial charge in [0, 0.05) is 19.2 Å². The van der Waals surface area contributed by atoms with Crippen molar-refractivity contribution in [2.75, 3.05) is 26.3 Å². The fourth-order valence-electron chi connectivity index (χ4n) is 0.880. The molecule has 0 saturated carbocycles. The lowest BCUT2D eigenvalue weighted by Gasteiger charge is -2.08. The summed E-state index contributed by atoms with van der Waals surface area (Å²) in [7, 11) is 0. The monoisotopic (exact) mass is 241 g/mol. The lowest BCUT2D eigenvalue weighted by molar-refractivity contribution is -0.173. The first-order valence-corrected chi connectivity index (χ1v) is 4.56. The number of alkyl halides is 3. The number of halogens is 3. The summed E-state index contributed by atoms with van der Waals surface area (Å²) in [6.07, 6.45) is -3.28. The van der Waals surface area contributed by atoms with Gasteiger partial charge in [-0.3, -0.25) is 0 Å². The second-order valence-corrected chi connectivity index (χ2v) is 3.17. The fraction of sp³-hybridized carbons (Fsp3) is 0.667. The minimum atomic E-state index is -4.31. The highest BCUT2D eigenvalue weighted by Crippen LogP contribution is 2.13. The van der Waals surface area contributed by atoms with Gasteiger partial charge in [0.1, 0.15) is 6.61 Å². The van der Waals surface area contributed by atoms with Crippen molar-refractivity contribution in [2.45, 2.75) is 13.1 Å². The molecule has 0 fully saturated rings. The molecule has 0 radical (unpaired) electrons. The zero-order valence-corrected chi connectivity index (χ0v) is 8.80. The summed E-state index contributed by atoms with van der Waals surface area (Å²) in [4.78, 5) is 10.2. The van der Waals surface area contributed by atoms with Crippen molar-refractivity contribution in [3.8, 4) is 0 Å². The smallest absolute Gasteiger partial charge is 0.411 e. The Morgan fingerprint density at radius 2 is 2.12 bits per heavy atom.